The molecule has 0 aromatic carbocycles. The molecule has 0 radical (unpaired) electrons. The Balaban J connectivity index is 2.46. The summed E-state index contributed by atoms with van der Waals surface area (Å²) < 4.78 is 22.6. The maximum atomic E-state index is 11.3. The summed E-state index contributed by atoms with van der Waals surface area (Å²) in [5.41, 5.74) is 0. The van der Waals surface area contributed by atoms with Crippen LogP contribution in [0.25, 0.3) is 0 Å². The van der Waals surface area contributed by atoms with E-state index in [2.05, 4.69) is 12.2 Å². The highest BCUT2D eigenvalue weighted by atomic mass is 32.2. The van der Waals surface area contributed by atoms with Gasteiger partial charge in [-0.15, -0.1) is 0 Å². The normalized spacial score (nSPS) is 27.7. The van der Waals surface area contributed by atoms with Crippen molar-refractivity contribution in [2.75, 3.05) is 18.6 Å². The van der Waals surface area contributed by atoms with Crippen molar-refractivity contribution in [2.24, 2.45) is 5.92 Å². The van der Waals surface area contributed by atoms with Crippen LogP contribution in [0.4, 0.5) is 0 Å². The highest BCUT2D eigenvalue weighted by Gasteiger charge is 2.32. The molecular formula is C10H21NO2S. The first-order valence-electron chi connectivity index (χ1n) is 5.46. The van der Waals surface area contributed by atoms with E-state index in [1.165, 1.54) is 12.8 Å². The molecule has 0 amide bonds. The highest BCUT2D eigenvalue weighted by molar-refractivity contribution is 7.91. The van der Waals surface area contributed by atoms with E-state index in [1.54, 1.807) is 0 Å². The number of rotatable bonds is 5. The fourth-order valence-corrected chi connectivity index (χ4v) is 4.06. The summed E-state index contributed by atoms with van der Waals surface area (Å²) in [5, 5.41) is 3.25. The average molecular weight is 219 g/mol. The Morgan fingerprint density at radius 2 is 2.21 bits per heavy atom. The fourth-order valence-electron chi connectivity index (χ4n) is 2.18. The van der Waals surface area contributed by atoms with Crippen LogP contribution in [-0.2, 0) is 9.84 Å². The molecule has 1 heterocycles. The van der Waals surface area contributed by atoms with Gasteiger partial charge in [-0.2, -0.15) is 0 Å². The van der Waals surface area contributed by atoms with E-state index in [-0.39, 0.29) is 0 Å². The number of hydrogen-bond donors (Lipinski definition) is 1. The van der Waals surface area contributed by atoms with Crippen molar-refractivity contribution in [1.82, 2.24) is 5.32 Å². The summed E-state index contributed by atoms with van der Waals surface area (Å²) in [6.07, 6.45) is 4.31. The Labute approximate surface area is 87.2 Å². The quantitative estimate of drug-likeness (QED) is 0.756. The minimum Gasteiger partial charge on any atom is -0.317 e. The molecule has 2 atom stereocenters. The Morgan fingerprint density at radius 1 is 1.50 bits per heavy atom. The maximum Gasteiger partial charge on any atom is 0.150 e. The zero-order valence-corrected chi connectivity index (χ0v) is 9.94. The number of hydrogen-bond acceptors (Lipinski definition) is 3. The van der Waals surface area contributed by atoms with E-state index >= 15 is 0 Å². The zero-order chi connectivity index (χ0) is 10.6. The fraction of sp³-hybridized carbons (Fsp3) is 1.00. The van der Waals surface area contributed by atoms with Gasteiger partial charge in [0, 0.05) is 6.04 Å². The molecule has 0 aromatic rings. The minimum atomic E-state index is -2.72. The van der Waals surface area contributed by atoms with E-state index in [4.69, 9.17) is 0 Å². The van der Waals surface area contributed by atoms with Crippen LogP contribution in [0.2, 0.25) is 0 Å². The first kappa shape index (κ1) is 12.0. The molecule has 0 bridgehead atoms. The molecular weight excluding hydrogens is 198 g/mol. The molecule has 0 aliphatic carbocycles. The van der Waals surface area contributed by atoms with Crippen molar-refractivity contribution in [1.29, 1.82) is 0 Å². The lowest BCUT2D eigenvalue weighted by atomic mass is 9.95. The second-order valence-corrected chi connectivity index (χ2v) is 6.43. The third-order valence-corrected chi connectivity index (χ3v) is 4.87. The van der Waals surface area contributed by atoms with Crippen LogP contribution >= 0.6 is 0 Å². The Hall–Kier alpha value is -0.0900. The predicted molar refractivity (Wildman–Crippen MR) is 59.1 cm³/mol. The summed E-state index contributed by atoms with van der Waals surface area (Å²) >= 11 is 0. The topological polar surface area (TPSA) is 46.2 Å². The largest absolute Gasteiger partial charge is 0.317 e. The first-order chi connectivity index (χ1) is 6.59. The van der Waals surface area contributed by atoms with Crippen LogP contribution in [-0.4, -0.2) is 33.0 Å². The Morgan fingerprint density at radius 3 is 2.64 bits per heavy atom. The molecule has 1 fully saturated rings. The van der Waals surface area contributed by atoms with Crippen molar-refractivity contribution in [3.63, 3.8) is 0 Å². The van der Waals surface area contributed by atoms with Crippen molar-refractivity contribution in [2.45, 2.75) is 38.6 Å². The van der Waals surface area contributed by atoms with E-state index in [0.717, 1.165) is 12.8 Å². The van der Waals surface area contributed by atoms with Gasteiger partial charge in [0.25, 0.3) is 0 Å². The van der Waals surface area contributed by atoms with Gasteiger partial charge in [0.05, 0.1) is 11.5 Å². The van der Waals surface area contributed by atoms with Crippen LogP contribution in [0.1, 0.15) is 32.6 Å². The average Bonchev–Trinajstić information content (AvgIpc) is 2.48. The third kappa shape index (κ3) is 3.24. The third-order valence-electron chi connectivity index (χ3n) is 3.08. The SMILES string of the molecule is CCCCC(NC)C1CCS(=O)(=O)C1. The summed E-state index contributed by atoms with van der Waals surface area (Å²) in [6, 6.07) is 0.396. The molecule has 4 heteroatoms. The molecule has 0 spiro atoms. The van der Waals surface area contributed by atoms with Crippen LogP contribution in [0.15, 0.2) is 0 Å². The summed E-state index contributed by atoms with van der Waals surface area (Å²) in [4.78, 5) is 0. The van der Waals surface area contributed by atoms with Gasteiger partial charge in [0.15, 0.2) is 9.84 Å². The monoisotopic (exact) mass is 219 g/mol. The van der Waals surface area contributed by atoms with Gasteiger partial charge in [-0.1, -0.05) is 19.8 Å². The second-order valence-electron chi connectivity index (χ2n) is 4.20. The van der Waals surface area contributed by atoms with Crippen LogP contribution in [0.5, 0.6) is 0 Å². The van der Waals surface area contributed by atoms with Crippen LogP contribution in [0.3, 0.4) is 0 Å². The molecule has 84 valence electrons. The van der Waals surface area contributed by atoms with Crippen molar-refractivity contribution < 1.29 is 8.42 Å². The molecule has 1 aliphatic rings. The van der Waals surface area contributed by atoms with Crippen molar-refractivity contribution in [3.05, 3.63) is 0 Å². The van der Waals surface area contributed by atoms with Gasteiger partial charge >= 0.3 is 0 Å². The number of unbranched alkanes of at least 4 members (excludes halogenated alkanes) is 1. The second kappa shape index (κ2) is 5.12. The summed E-state index contributed by atoms with van der Waals surface area (Å²) in [6.45, 7) is 2.16. The smallest absolute Gasteiger partial charge is 0.150 e. The summed E-state index contributed by atoms with van der Waals surface area (Å²) in [5.74, 6) is 1.13. The van der Waals surface area contributed by atoms with E-state index in [9.17, 15) is 8.42 Å². The van der Waals surface area contributed by atoms with Gasteiger partial charge < -0.3 is 5.32 Å². The molecule has 1 aliphatic heterocycles. The minimum absolute atomic E-state index is 0.344. The lowest BCUT2D eigenvalue weighted by Gasteiger charge is -2.21. The van der Waals surface area contributed by atoms with Crippen LogP contribution < -0.4 is 5.32 Å². The Bertz CT molecular complexity index is 261. The zero-order valence-electron chi connectivity index (χ0n) is 9.12. The van der Waals surface area contributed by atoms with Gasteiger partial charge in [-0.05, 0) is 25.8 Å². The van der Waals surface area contributed by atoms with Gasteiger partial charge in [0.1, 0.15) is 0 Å². The number of nitrogens with one attached hydrogen (secondary N) is 1. The molecule has 1 N–H and O–H groups in total. The lowest BCUT2D eigenvalue weighted by Crippen LogP contribution is -2.34. The first-order valence-corrected chi connectivity index (χ1v) is 7.29. The van der Waals surface area contributed by atoms with Gasteiger partial charge in [0.2, 0.25) is 0 Å². The van der Waals surface area contributed by atoms with Gasteiger partial charge in [-0.3, -0.25) is 0 Å². The predicted octanol–water partition coefficient (Wildman–Crippen LogP) is 1.20. The summed E-state index contributed by atoms with van der Waals surface area (Å²) in [7, 11) is -0.780. The molecule has 3 nitrogen and oxygen atoms in total. The maximum absolute atomic E-state index is 11.3. The molecule has 1 rings (SSSR count). The van der Waals surface area contributed by atoms with Crippen LogP contribution in [0, 0.1) is 5.92 Å². The lowest BCUT2D eigenvalue weighted by molar-refractivity contribution is 0.374. The molecule has 14 heavy (non-hydrogen) atoms. The van der Waals surface area contributed by atoms with Crippen molar-refractivity contribution >= 4 is 9.84 Å². The molecule has 0 aromatic heterocycles. The number of sulfone groups is 1. The van der Waals surface area contributed by atoms with Crippen molar-refractivity contribution in [3.8, 4) is 0 Å². The van der Waals surface area contributed by atoms with Gasteiger partial charge in [-0.25, -0.2) is 8.42 Å². The van der Waals surface area contributed by atoms with E-state index < -0.39 is 9.84 Å². The van der Waals surface area contributed by atoms with E-state index in [1.807, 2.05) is 7.05 Å². The Kier molecular flexibility index (Phi) is 4.38. The molecule has 2 unspecified atom stereocenters. The standard InChI is InChI=1S/C10H21NO2S/c1-3-4-5-10(11-2)9-6-7-14(12,13)8-9/h9-11H,3-8H2,1-2H3. The molecule has 0 saturated carbocycles. The van der Waals surface area contributed by atoms with E-state index in [0.29, 0.717) is 23.5 Å². The highest BCUT2D eigenvalue weighted by Crippen LogP contribution is 2.24. The molecule has 1 saturated heterocycles.